The van der Waals surface area contributed by atoms with Crippen molar-refractivity contribution in [2.24, 2.45) is 0 Å². The number of rotatable bonds is 11. The van der Waals surface area contributed by atoms with Crippen LogP contribution in [0.1, 0.15) is 54.7 Å². The number of para-hydroxylation sites is 1. The zero-order chi connectivity index (χ0) is 24.8. The van der Waals surface area contributed by atoms with E-state index in [0.717, 1.165) is 34.9 Å². The van der Waals surface area contributed by atoms with Crippen LogP contribution in [0, 0.1) is 12.7 Å². The van der Waals surface area contributed by atoms with Gasteiger partial charge in [-0.15, -0.1) is 5.10 Å². The van der Waals surface area contributed by atoms with E-state index >= 15 is 0 Å². The first-order chi connectivity index (χ1) is 17.0. The Morgan fingerprint density at radius 2 is 2.00 bits per heavy atom. The van der Waals surface area contributed by atoms with Crippen LogP contribution < -0.4 is 5.56 Å². The Labute approximate surface area is 203 Å². The Bertz CT molecular complexity index is 1320. The molecule has 0 aliphatic rings. The first-order valence-corrected chi connectivity index (χ1v) is 12.0. The van der Waals surface area contributed by atoms with Crippen molar-refractivity contribution >= 4 is 10.9 Å². The highest BCUT2D eigenvalue weighted by molar-refractivity contribution is 5.81. The van der Waals surface area contributed by atoms with Gasteiger partial charge >= 0.3 is 0 Å². The van der Waals surface area contributed by atoms with Gasteiger partial charge in [-0.3, -0.25) is 9.69 Å². The number of aliphatic hydroxyl groups excluding tert-OH is 1. The molecule has 2 N–H and O–H groups in total. The van der Waals surface area contributed by atoms with Crippen LogP contribution >= 0.6 is 0 Å². The third kappa shape index (κ3) is 5.80. The molecule has 0 fully saturated rings. The summed E-state index contributed by atoms with van der Waals surface area (Å²) < 4.78 is 15.1. The molecule has 8 nitrogen and oxygen atoms in total. The van der Waals surface area contributed by atoms with Gasteiger partial charge in [-0.2, -0.15) is 0 Å². The number of aryl methyl sites for hydroxylation is 1. The fraction of sp³-hybridized carbons (Fsp3) is 0.385. The van der Waals surface area contributed by atoms with Crippen LogP contribution in [0.3, 0.4) is 0 Å². The molecule has 0 saturated carbocycles. The summed E-state index contributed by atoms with van der Waals surface area (Å²) >= 11 is 0. The van der Waals surface area contributed by atoms with Crippen molar-refractivity contribution in [2.45, 2.75) is 52.2 Å². The average Bonchev–Trinajstić information content (AvgIpc) is 3.30. The second-order valence-corrected chi connectivity index (χ2v) is 8.84. The Morgan fingerprint density at radius 3 is 2.74 bits per heavy atom. The Hall–Kier alpha value is -3.43. The van der Waals surface area contributed by atoms with Gasteiger partial charge in [-0.05, 0) is 64.9 Å². The lowest BCUT2D eigenvalue weighted by molar-refractivity contribution is 0.148. The van der Waals surface area contributed by atoms with Gasteiger partial charge < -0.3 is 10.1 Å². The van der Waals surface area contributed by atoms with Gasteiger partial charge in [0.2, 0.25) is 0 Å². The first kappa shape index (κ1) is 24.7. The highest BCUT2D eigenvalue weighted by atomic mass is 19.1. The number of aromatic amines is 1. The minimum absolute atomic E-state index is 0.0448. The van der Waals surface area contributed by atoms with Gasteiger partial charge in [-0.25, -0.2) is 9.07 Å². The molecule has 2 aromatic heterocycles. The van der Waals surface area contributed by atoms with Crippen LogP contribution in [0.25, 0.3) is 10.9 Å². The summed E-state index contributed by atoms with van der Waals surface area (Å²) in [7, 11) is 0. The van der Waals surface area contributed by atoms with E-state index in [1.54, 1.807) is 16.8 Å². The number of benzene rings is 2. The van der Waals surface area contributed by atoms with E-state index < -0.39 is 0 Å². The second-order valence-electron chi connectivity index (χ2n) is 8.84. The summed E-state index contributed by atoms with van der Waals surface area (Å²) in [4.78, 5) is 18.2. The fourth-order valence-electron chi connectivity index (χ4n) is 4.46. The minimum Gasteiger partial charge on any atom is -0.396 e. The van der Waals surface area contributed by atoms with Gasteiger partial charge in [0.25, 0.3) is 5.56 Å². The van der Waals surface area contributed by atoms with Gasteiger partial charge in [0.15, 0.2) is 5.82 Å². The van der Waals surface area contributed by atoms with E-state index in [-0.39, 0.29) is 24.0 Å². The van der Waals surface area contributed by atoms with E-state index in [2.05, 4.69) is 32.3 Å². The Balaban J connectivity index is 1.67. The number of hydrogen-bond acceptors (Lipinski definition) is 6. The first-order valence-electron chi connectivity index (χ1n) is 12.0. The largest absolute Gasteiger partial charge is 0.396 e. The molecule has 2 heterocycles. The van der Waals surface area contributed by atoms with E-state index in [9.17, 15) is 14.3 Å². The lowest BCUT2D eigenvalue weighted by Gasteiger charge is -2.30. The highest BCUT2D eigenvalue weighted by Crippen LogP contribution is 2.27. The van der Waals surface area contributed by atoms with Crippen LogP contribution in [0.5, 0.6) is 0 Å². The molecular formula is C26H31FN6O2. The number of pyridine rings is 1. The SMILES string of the molecule is CCC[C@@H](c1nnnn1Cc1ccc(F)cc1)N(CCCO)Cc1cc2cccc(C)c2[nH]c1=O. The van der Waals surface area contributed by atoms with Crippen molar-refractivity contribution in [1.29, 1.82) is 0 Å². The highest BCUT2D eigenvalue weighted by Gasteiger charge is 2.26. The predicted molar refractivity (Wildman–Crippen MR) is 132 cm³/mol. The zero-order valence-corrected chi connectivity index (χ0v) is 20.1. The molecule has 0 spiro atoms. The summed E-state index contributed by atoms with van der Waals surface area (Å²) in [5, 5.41) is 23.0. The molecule has 4 rings (SSSR count). The number of nitrogens with zero attached hydrogens (tertiary/aromatic N) is 5. The van der Waals surface area contributed by atoms with Crippen molar-refractivity contribution < 1.29 is 9.50 Å². The normalized spacial score (nSPS) is 12.5. The molecule has 0 radical (unpaired) electrons. The topological polar surface area (TPSA) is 99.9 Å². The summed E-state index contributed by atoms with van der Waals surface area (Å²) in [5.41, 5.74) is 3.28. The van der Waals surface area contributed by atoms with Crippen LogP contribution in [0.15, 0.2) is 53.3 Å². The van der Waals surface area contributed by atoms with E-state index in [4.69, 9.17) is 0 Å². The third-order valence-corrected chi connectivity index (χ3v) is 6.25. The molecule has 0 aliphatic carbocycles. The van der Waals surface area contributed by atoms with Crippen molar-refractivity contribution in [1.82, 2.24) is 30.1 Å². The van der Waals surface area contributed by atoms with Crippen molar-refractivity contribution in [3.8, 4) is 0 Å². The molecule has 0 saturated heterocycles. The Morgan fingerprint density at radius 1 is 1.20 bits per heavy atom. The van der Waals surface area contributed by atoms with Crippen LogP contribution in [-0.2, 0) is 13.1 Å². The molecular weight excluding hydrogens is 447 g/mol. The molecule has 0 aliphatic heterocycles. The average molecular weight is 479 g/mol. The predicted octanol–water partition coefficient (Wildman–Crippen LogP) is 3.74. The fourth-order valence-corrected chi connectivity index (χ4v) is 4.46. The third-order valence-electron chi connectivity index (χ3n) is 6.25. The number of H-pyrrole nitrogens is 1. The van der Waals surface area contributed by atoms with Crippen LogP contribution in [0.4, 0.5) is 4.39 Å². The van der Waals surface area contributed by atoms with Crippen molar-refractivity contribution in [3.05, 3.63) is 87.2 Å². The lowest BCUT2D eigenvalue weighted by Crippen LogP contribution is -2.34. The molecule has 0 unspecified atom stereocenters. The number of nitrogens with one attached hydrogen (secondary N) is 1. The smallest absolute Gasteiger partial charge is 0.252 e. The molecule has 0 bridgehead atoms. The van der Waals surface area contributed by atoms with Gasteiger partial charge in [0, 0.05) is 25.3 Å². The minimum atomic E-state index is -0.291. The molecule has 4 aromatic rings. The maximum atomic E-state index is 13.4. The molecule has 0 amide bonds. The number of tetrazole rings is 1. The maximum Gasteiger partial charge on any atom is 0.252 e. The summed E-state index contributed by atoms with van der Waals surface area (Å²) in [6, 6.07) is 14.0. The standard InChI is InChI=1S/C26H31FN6O2/c1-3-6-23(25-29-30-31-33(25)16-19-9-11-22(27)12-10-19)32(13-5-14-34)17-21-15-20-8-4-7-18(2)24(20)28-26(21)35/h4,7-12,15,23,34H,3,5-6,13-14,16-17H2,1-2H3,(H,28,35)/t23-/m0/s1. The number of fused-ring (bicyclic) bond motifs is 1. The van der Waals surface area contributed by atoms with Gasteiger partial charge in [-0.1, -0.05) is 43.7 Å². The van der Waals surface area contributed by atoms with E-state index in [0.29, 0.717) is 37.4 Å². The molecule has 2 aromatic carbocycles. The Kier molecular flexibility index (Phi) is 7.99. The molecule has 9 heteroatoms. The summed E-state index contributed by atoms with van der Waals surface area (Å²) in [5.74, 6) is 0.391. The maximum absolute atomic E-state index is 13.4. The van der Waals surface area contributed by atoms with Crippen LogP contribution in [-0.4, -0.2) is 48.3 Å². The summed E-state index contributed by atoms with van der Waals surface area (Å²) in [6.07, 6.45) is 2.22. The van der Waals surface area contributed by atoms with E-state index in [1.165, 1.54) is 12.1 Å². The summed E-state index contributed by atoms with van der Waals surface area (Å²) in [6.45, 7) is 5.50. The van der Waals surface area contributed by atoms with Crippen LogP contribution in [0.2, 0.25) is 0 Å². The van der Waals surface area contributed by atoms with E-state index in [1.807, 2.05) is 31.2 Å². The monoisotopic (exact) mass is 478 g/mol. The molecule has 184 valence electrons. The number of aromatic nitrogens is 5. The van der Waals surface area contributed by atoms with Gasteiger partial charge in [0.05, 0.1) is 18.1 Å². The molecule has 1 atom stereocenters. The number of hydrogen-bond donors (Lipinski definition) is 2. The van der Waals surface area contributed by atoms with Gasteiger partial charge in [0.1, 0.15) is 5.82 Å². The molecule has 35 heavy (non-hydrogen) atoms. The van der Waals surface area contributed by atoms with Crippen molar-refractivity contribution in [2.75, 3.05) is 13.2 Å². The van der Waals surface area contributed by atoms with Crippen molar-refractivity contribution in [3.63, 3.8) is 0 Å². The number of halogens is 1. The lowest BCUT2D eigenvalue weighted by atomic mass is 10.1. The number of aliphatic hydroxyl groups is 1. The zero-order valence-electron chi connectivity index (χ0n) is 20.1. The second kappa shape index (κ2) is 11.3. The quantitative estimate of drug-likeness (QED) is 0.341.